The summed E-state index contributed by atoms with van der Waals surface area (Å²) < 4.78 is 0. The molecule has 4 nitrogen and oxygen atoms in total. The molecule has 5 heteroatoms. The maximum Gasteiger partial charge on any atom is 0.255 e. The minimum absolute atomic E-state index is 0.194. The van der Waals surface area contributed by atoms with Crippen LogP contribution in [0.15, 0.2) is 48.5 Å². The molecule has 0 atom stereocenters. The third-order valence-corrected chi connectivity index (χ3v) is 3.56. The van der Waals surface area contributed by atoms with Gasteiger partial charge >= 0.3 is 0 Å². The van der Waals surface area contributed by atoms with Gasteiger partial charge in [-0.3, -0.25) is 9.59 Å². The zero-order chi connectivity index (χ0) is 16.7. The van der Waals surface area contributed by atoms with Gasteiger partial charge in [-0.05, 0) is 36.8 Å². The zero-order valence-corrected chi connectivity index (χ0v) is 13.7. The summed E-state index contributed by atoms with van der Waals surface area (Å²) in [6.07, 6.45) is 1.93. The summed E-state index contributed by atoms with van der Waals surface area (Å²) in [4.78, 5) is 24.5. The van der Waals surface area contributed by atoms with Gasteiger partial charge in [-0.15, -0.1) is 0 Å². The number of carbonyl (C=O) groups is 2. The molecule has 2 aromatic rings. The highest BCUT2D eigenvalue weighted by Gasteiger charge is 2.13. The van der Waals surface area contributed by atoms with Crippen LogP contribution in [0.5, 0.6) is 0 Å². The van der Waals surface area contributed by atoms with E-state index in [1.165, 1.54) is 0 Å². The Balaban J connectivity index is 2.14. The quantitative estimate of drug-likeness (QED) is 0.783. The third kappa shape index (κ3) is 4.83. The normalized spacial score (nSPS) is 10.2. The van der Waals surface area contributed by atoms with Crippen LogP contribution >= 0.6 is 11.6 Å². The van der Waals surface area contributed by atoms with Gasteiger partial charge in [-0.1, -0.05) is 43.1 Å². The van der Waals surface area contributed by atoms with Crippen LogP contribution in [0.25, 0.3) is 0 Å². The van der Waals surface area contributed by atoms with Crippen molar-refractivity contribution < 1.29 is 9.59 Å². The average molecular weight is 331 g/mol. The average Bonchev–Trinajstić information content (AvgIpc) is 2.55. The van der Waals surface area contributed by atoms with Crippen LogP contribution in [-0.4, -0.2) is 18.4 Å². The van der Waals surface area contributed by atoms with E-state index >= 15 is 0 Å². The Morgan fingerprint density at radius 2 is 1.83 bits per heavy atom. The van der Waals surface area contributed by atoms with Gasteiger partial charge < -0.3 is 10.6 Å². The molecular weight excluding hydrogens is 312 g/mol. The lowest BCUT2D eigenvalue weighted by atomic mass is 10.1. The minimum atomic E-state index is -0.304. The van der Waals surface area contributed by atoms with Crippen LogP contribution < -0.4 is 10.6 Å². The van der Waals surface area contributed by atoms with E-state index in [1.54, 1.807) is 48.5 Å². The van der Waals surface area contributed by atoms with Gasteiger partial charge in [0.1, 0.15) is 0 Å². The van der Waals surface area contributed by atoms with Gasteiger partial charge in [-0.2, -0.15) is 0 Å². The first-order chi connectivity index (χ1) is 11.1. The van der Waals surface area contributed by atoms with Gasteiger partial charge in [0, 0.05) is 17.1 Å². The first kappa shape index (κ1) is 17.0. The summed E-state index contributed by atoms with van der Waals surface area (Å²) in [6, 6.07) is 13.6. The van der Waals surface area contributed by atoms with Crippen LogP contribution in [0.4, 0.5) is 5.69 Å². The number of nitrogens with one attached hydrogen (secondary N) is 2. The molecule has 2 rings (SSSR count). The maximum atomic E-state index is 12.3. The summed E-state index contributed by atoms with van der Waals surface area (Å²) in [5, 5.41) is 6.11. The highest BCUT2D eigenvalue weighted by molar-refractivity contribution is 6.31. The van der Waals surface area contributed by atoms with E-state index in [-0.39, 0.29) is 11.8 Å². The van der Waals surface area contributed by atoms with Crippen LogP contribution in [-0.2, 0) is 0 Å². The molecule has 2 aromatic carbocycles. The zero-order valence-electron chi connectivity index (χ0n) is 12.9. The highest BCUT2D eigenvalue weighted by atomic mass is 35.5. The van der Waals surface area contributed by atoms with Crippen LogP contribution in [0.2, 0.25) is 5.02 Å². The lowest BCUT2D eigenvalue weighted by Crippen LogP contribution is -2.26. The number of para-hydroxylation sites is 1. The summed E-state index contributed by atoms with van der Waals surface area (Å²) in [6.45, 7) is 2.68. The van der Waals surface area contributed by atoms with Crippen molar-refractivity contribution >= 4 is 29.1 Å². The van der Waals surface area contributed by atoms with Crippen molar-refractivity contribution in [2.75, 3.05) is 11.9 Å². The number of rotatable bonds is 6. The smallest absolute Gasteiger partial charge is 0.255 e. The van der Waals surface area contributed by atoms with E-state index in [1.807, 2.05) is 0 Å². The van der Waals surface area contributed by atoms with Crippen LogP contribution in [0.3, 0.4) is 0 Å². The molecular formula is C18H19ClN2O2. The van der Waals surface area contributed by atoms with Gasteiger partial charge in [0.15, 0.2) is 0 Å². The molecule has 0 aromatic heterocycles. The number of carbonyl (C=O) groups excluding carboxylic acids is 2. The van der Waals surface area contributed by atoms with Crippen molar-refractivity contribution in [2.45, 2.75) is 19.8 Å². The summed E-state index contributed by atoms with van der Waals surface area (Å²) in [7, 11) is 0. The lowest BCUT2D eigenvalue weighted by Gasteiger charge is -2.11. The number of hydrogen-bond acceptors (Lipinski definition) is 2. The molecule has 0 fully saturated rings. The second kappa shape index (κ2) is 8.34. The molecule has 2 N–H and O–H groups in total. The molecule has 0 aliphatic heterocycles. The van der Waals surface area contributed by atoms with E-state index in [2.05, 4.69) is 17.6 Å². The topological polar surface area (TPSA) is 58.2 Å². The highest BCUT2D eigenvalue weighted by Crippen LogP contribution is 2.17. The number of amides is 2. The molecule has 0 spiro atoms. The monoisotopic (exact) mass is 330 g/mol. The summed E-state index contributed by atoms with van der Waals surface area (Å²) in [5.74, 6) is -0.498. The standard InChI is InChI=1S/C18H19ClN2O2/c1-2-3-11-20-18(23)15-9-4-5-10-16(15)21-17(22)13-7-6-8-14(19)12-13/h4-10,12H,2-3,11H2,1H3,(H,20,23)(H,21,22). The third-order valence-electron chi connectivity index (χ3n) is 3.32. The Kier molecular flexibility index (Phi) is 6.18. The van der Waals surface area contributed by atoms with Crippen molar-refractivity contribution in [3.8, 4) is 0 Å². The Bertz CT molecular complexity index is 701. The Labute approximate surface area is 140 Å². The SMILES string of the molecule is CCCCNC(=O)c1ccccc1NC(=O)c1cccc(Cl)c1. The Morgan fingerprint density at radius 3 is 2.57 bits per heavy atom. The summed E-state index contributed by atoms with van der Waals surface area (Å²) in [5.41, 5.74) is 1.36. The first-order valence-electron chi connectivity index (χ1n) is 7.56. The molecule has 2 amide bonds. The summed E-state index contributed by atoms with van der Waals surface area (Å²) >= 11 is 5.90. The molecule has 0 radical (unpaired) electrons. The number of unbranched alkanes of at least 4 members (excludes halogenated alkanes) is 1. The Morgan fingerprint density at radius 1 is 1.04 bits per heavy atom. The van der Waals surface area contributed by atoms with Crippen molar-refractivity contribution in [2.24, 2.45) is 0 Å². The molecule has 0 aliphatic rings. The predicted octanol–water partition coefficient (Wildman–Crippen LogP) is 4.12. The molecule has 0 heterocycles. The lowest BCUT2D eigenvalue weighted by molar-refractivity contribution is 0.0954. The molecule has 0 unspecified atom stereocenters. The van der Waals surface area contributed by atoms with E-state index in [0.717, 1.165) is 12.8 Å². The number of anilines is 1. The predicted molar refractivity (Wildman–Crippen MR) is 93.1 cm³/mol. The Hall–Kier alpha value is -2.33. The second-order valence-electron chi connectivity index (χ2n) is 5.12. The number of hydrogen-bond donors (Lipinski definition) is 2. The van der Waals surface area contributed by atoms with Gasteiger partial charge in [0.25, 0.3) is 11.8 Å². The maximum absolute atomic E-state index is 12.3. The fourth-order valence-electron chi connectivity index (χ4n) is 2.09. The van der Waals surface area contributed by atoms with Crippen LogP contribution in [0.1, 0.15) is 40.5 Å². The molecule has 120 valence electrons. The van der Waals surface area contributed by atoms with Crippen molar-refractivity contribution in [1.29, 1.82) is 0 Å². The van der Waals surface area contributed by atoms with Crippen molar-refractivity contribution in [3.63, 3.8) is 0 Å². The first-order valence-corrected chi connectivity index (χ1v) is 7.93. The van der Waals surface area contributed by atoms with Gasteiger partial charge in [0.05, 0.1) is 11.3 Å². The number of benzene rings is 2. The van der Waals surface area contributed by atoms with Gasteiger partial charge in [-0.25, -0.2) is 0 Å². The minimum Gasteiger partial charge on any atom is -0.352 e. The fraction of sp³-hybridized carbons (Fsp3) is 0.222. The molecule has 0 saturated carbocycles. The second-order valence-corrected chi connectivity index (χ2v) is 5.56. The van der Waals surface area contributed by atoms with Crippen molar-refractivity contribution in [1.82, 2.24) is 5.32 Å². The molecule has 0 saturated heterocycles. The van der Waals surface area contributed by atoms with E-state index < -0.39 is 0 Å². The molecule has 23 heavy (non-hydrogen) atoms. The van der Waals surface area contributed by atoms with Crippen LogP contribution in [0, 0.1) is 0 Å². The number of halogens is 1. The molecule has 0 bridgehead atoms. The van der Waals surface area contributed by atoms with E-state index in [4.69, 9.17) is 11.6 Å². The van der Waals surface area contributed by atoms with E-state index in [0.29, 0.717) is 28.4 Å². The van der Waals surface area contributed by atoms with Crippen molar-refractivity contribution in [3.05, 3.63) is 64.7 Å². The van der Waals surface area contributed by atoms with E-state index in [9.17, 15) is 9.59 Å². The fourth-order valence-corrected chi connectivity index (χ4v) is 2.28. The largest absolute Gasteiger partial charge is 0.352 e. The van der Waals surface area contributed by atoms with Gasteiger partial charge in [0.2, 0.25) is 0 Å². The molecule has 0 aliphatic carbocycles.